The second-order valence-electron chi connectivity index (χ2n) is 9.01. The van der Waals surface area contributed by atoms with Gasteiger partial charge in [-0.3, -0.25) is 9.69 Å². The Labute approximate surface area is 218 Å². The average Bonchev–Trinajstić information content (AvgIpc) is 2.95. The molecule has 1 saturated heterocycles. The number of hydrogen-bond acceptors (Lipinski definition) is 3. The minimum absolute atomic E-state index is 0.0577. The van der Waals surface area contributed by atoms with Crippen molar-refractivity contribution in [1.82, 2.24) is 9.80 Å². The topological polar surface area (TPSA) is 26.8 Å². The molecule has 1 aliphatic rings. The van der Waals surface area contributed by atoms with Gasteiger partial charge in [-0.1, -0.05) is 96.5 Å². The van der Waals surface area contributed by atoms with E-state index in [9.17, 15) is 4.79 Å². The van der Waals surface area contributed by atoms with Crippen molar-refractivity contribution in [2.24, 2.45) is 0 Å². The summed E-state index contributed by atoms with van der Waals surface area (Å²) >= 11 is 6.64. The molecule has 1 unspecified atom stereocenters. The van der Waals surface area contributed by atoms with Gasteiger partial charge in [0.25, 0.3) is 0 Å². The second-order valence-corrected chi connectivity index (χ2v) is 9.42. The zero-order valence-electron chi connectivity index (χ0n) is 20.2. The number of halogens is 1. The van der Waals surface area contributed by atoms with E-state index < -0.39 is 0 Å². The number of carbonyl (C=O) groups excluding carboxylic acids is 1. The smallest absolute Gasteiger partial charge is 0.242 e. The SMILES string of the molecule is O=C(CN(c1ccccc1)c1ccccc1)N1CCN(C(c2ccccc2)c2ccccc2Cl)CC1. The van der Waals surface area contributed by atoms with Crippen LogP contribution in [0.5, 0.6) is 0 Å². The molecule has 5 heteroatoms. The van der Waals surface area contributed by atoms with Gasteiger partial charge in [-0.25, -0.2) is 0 Å². The van der Waals surface area contributed by atoms with Crippen molar-refractivity contribution >= 4 is 28.9 Å². The number of benzene rings is 4. The van der Waals surface area contributed by atoms with Gasteiger partial charge in [-0.05, 0) is 41.5 Å². The molecule has 0 aliphatic carbocycles. The first-order valence-corrected chi connectivity index (χ1v) is 12.8. The van der Waals surface area contributed by atoms with Crippen LogP contribution in [0, 0.1) is 0 Å². The van der Waals surface area contributed by atoms with Gasteiger partial charge in [0, 0.05) is 42.6 Å². The highest BCUT2D eigenvalue weighted by Crippen LogP contribution is 2.34. The van der Waals surface area contributed by atoms with Gasteiger partial charge in [0.15, 0.2) is 0 Å². The van der Waals surface area contributed by atoms with Crippen LogP contribution in [0.25, 0.3) is 0 Å². The van der Waals surface area contributed by atoms with Crippen LogP contribution in [0.4, 0.5) is 11.4 Å². The van der Waals surface area contributed by atoms with Crippen molar-refractivity contribution in [3.63, 3.8) is 0 Å². The molecule has 0 spiro atoms. The number of hydrogen-bond donors (Lipinski definition) is 0. The summed E-state index contributed by atoms with van der Waals surface area (Å²) in [6, 6.07) is 38.8. The quantitative estimate of drug-likeness (QED) is 0.296. The molecule has 4 aromatic rings. The summed E-state index contributed by atoms with van der Waals surface area (Å²) in [4.78, 5) is 20.0. The monoisotopic (exact) mass is 495 g/mol. The zero-order valence-corrected chi connectivity index (χ0v) is 21.0. The molecular formula is C31H30ClN3O. The van der Waals surface area contributed by atoms with E-state index in [1.807, 2.05) is 89.8 Å². The minimum atomic E-state index is 0.0577. The van der Waals surface area contributed by atoms with Crippen LogP contribution in [-0.2, 0) is 4.79 Å². The fourth-order valence-electron chi connectivity index (χ4n) is 4.93. The van der Waals surface area contributed by atoms with Gasteiger partial charge in [0.1, 0.15) is 6.54 Å². The van der Waals surface area contributed by atoms with Crippen molar-refractivity contribution in [3.05, 3.63) is 131 Å². The summed E-state index contributed by atoms with van der Waals surface area (Å²) in [6.07, 6.45) is 0. The maximum atomic E-state index is 13.5. The predicted octanol–water partition coefficient (Wildman–Crippen LogP) is 6.41. The van der Waals surface area contributed by atoms with E-state index in [0.29, 0.717) is 19.6 Å². The molecule has 36 heavy (non-hydrogen) atoms. The first kappa shape index (κ1) is 24.1. The molecule has 1 amide bonds. The van der Waals surface area contributed by atoms with E-state index in [1.54, 1.807) is 0 Å². The third-order valence-electron chi connectivity index (χ3n) is 6.78. The fourth-order valence-corrected chi connectivity index (χ4v) is 5.17. The van der Waals surface area contributed by atoms with Crippen molar-refractivity contribution in [2.75, 3.05) is 37.6 Å². The van der Waals surface area contributed by atoms with Gasteiger partial charge in [0.05, 0.1) is 6.04 Å². The highest BCUT2D eigenvalue weighted by molar-refractivity contribution is 6.31. The average molecular weight is 496 g/mol. The molecule has 1 aliphatic heterocycles. The third-order valence-corrected chi connectivity index (χ3v) is 7.12. The summed E-state index contributed by atoms with van der Waals surface area (Å²) in [7, 11) is 0. The lowest BCUT2D eigenvalue weighted by molar-refractivity contribution is -0.131. The number of carbonyl (C=O) groups is 1. The first-order valence-electron chi connectivity index (χ1n) is 12.4. The Balaban J connectivity index is 1.31. The number of para-hydroxylation sites is 2. The summed E-state index contributed by atoms with van der Waals surface area (Å²) < 4.78 is 0. The molecule has 0 aromatic heterocycles. The Morgan fingerprint density at radius 1 is 0.694 bits per heavy atom. The van der Waals surface area contributed by atoms with Gasteiger partial charge in [0.2, 0.25) is 5.91 Å². The first-order chi connectivity index (χ1) is 17.7. The molecular weight excluding hydrogens is 466 g/mol. The van der Waals surface area contributed by atoms with Crippen LogP contribution < -0.4 is 4.90 Å². The highest BCUT2D eigenvalue weighted by atomic mass is 35.5. The lowest BCUT2D eigenvalue weighted by Gasteiger charge is -2.40. The van der Waals surface area contributed by atoms with E-state index in [-0.39, 0.29) is 11.9 Å². The Morgan fingerprint density at radius 3 is 1.75 bits per heavy atom. The molecule has 5 rings (SSSR count). The molecule has 182 valence electrons. The Kier molecular flexibility index (Phi) is 7.65. The van der Waals surface area contributed by atoms with Crippen LogP contribution in [0.3, 0.4) is 0 Å². The number of piperazine rings is 1. The van der Waals surface area contributed by atoms with E-state index in [4.69, 9.17) is 11.6 Å². The third kappa shape index (κ3) is 5.46. The lowest BCUT2D eigenvalue weighted by atomic mass is 9.96. The highest BCUT2D eigenvalue weighted by Gasteiger charge is 2.30. The largest absolute Gasteiger partial charge is 0.339 e. The molecule has 4 nitrogen and oxygen atoms in total. The summed E-state index contributed by atoms with van der Waals surface area (Å²) in [5.41, 5.74) is 4.34. The zero-order chi connectivity index (χ0) is 24.7. The van der Waals surface area contributed by atoms with Crippen LogP contribution in [0.2, 0.25) is 5.02 Å². The molecule has 0 radical (unpaired) electrons. The van der Waals surface area contributed by atoms with Gasteiger partial charge in [-0.2, -0.15) is 0 Å². The van der Waals surface area contributed by atoms with E-state index >= 15 is 0 Å². The van der Waals surface area contributed by atoms with Gasteiger partial charge in [-0.15, -0.1) is 0 Å². The van der Waals surface area contributed by atoms with Crippen LogP contribution in [0.15, 0.2) is 115 Å². The Morgan fingerprint density at radius 2 is 1.19 bits per heavy atom. The molecule has 4 aromatic carbocycles. The van der Waals surface area contributed by atoms with Crippen molar-refractivity contribution in [2.45, 2.75) is 6.04 Å². The van der Waals surface area contributed by atoms with E-state index in [2.05, 4.69) is 40.1 Å². The van der Waals surface area contributed by atoms with Crippen LogP contribution in [0.1, 0.15) is 17.2 Å². The Bertz CT molecular complexity index is 1220. The summed E-state index contributed by atoms with van der Waals surface area (Å²) in [5.74, 6) is 0.136. The van der Waals surface area contributed by atoms with Crippen molar-refractivity contribution in [3.8, 4) is 0 Å². The normalized spacial score (nSPS) is 14.9. The van der Waals surface area contributed by atoms with Crippen molar-refractivity contribution in [1.29, 1.82) is 0 Å². The molecule has 1 atom stereocenters. The number of anilines is 2. The number of nitrogens with zero attached hydrogens (tertiary/aromatic N) is 3. The molecule has 1 heterocycles. The molecule has 0 saturated carbocycles. The maximum Gasteiger partial charge on any atom is 0.242 e. The molecule has 0 N–H and O–H groups in total. The number of amides is 1. The predicted molar refractivity (Wildman–Crippen MR) is 148 cm³/mol. The van der Waals surface area contributed by atoms with E-state index in [1.165, 1.54) is 5.56 Å². The second kappa shape index (κ2) is 11.4. The Hall–Kier alpha value is -3.60. The molecule has 1 fully saturated rings. The van der Waals surface area contributed by atoms with Gasteiger partial charge >= 0.3 is 0 Å². The van der Waals surface area contributed by atoms with E-state index in [0.717, 1.165) is 35.1 Å². The standard InChI is InChI=1S/C31H30ClN3O/c32-29-19-11-10-18-28(29)31(25-12-4-1-5-13-25)34-22-20-33(21-23-34)30(36)24-35(26-14-6-2-7-15-26)27-16-8-3-9-17-27/h1-19,31H,20-24H2. The van der Waals surface area contributed by atoms with Crippen molar-refractivity contribution < 1.29 is 4.79 Å². The minimum Gasteiger partial charge on any atom is -0.339 e. The van der Waals surface area contributed by atoms with Crippen LogP contribution >= 0.6 is 11.6 Å². The van der Waals surface area contributed by atoms with Crippen LogP contribution in [-0.4, -0.2) is 48.4 Å². The molecule has 0 bridgehead atoms. The fraction of sp³-hybridized carbons (Fsp3) is 0.194. The summed E-state index contributed by atoms with van der Waals surface area (Å²) in [5, 5.41) is 0.770. The number of rotatable bonds is 7. The maximum absolute atomic E-state index is 13.5. The lowest BCUT2D eigenvalue weighted by Crippen LogP contribution is -2.51. The van der Waals surface area contributed by atoms with Gasteiger partial charge < -0.3 is 9.80 Å². The summed E-state index contributed by atoms with van der Waals surface area (Å²) in [6.45, 7) is 3.25.